The van der Waals surface area contributed by atoms with Crippen LogP contribution in [0.5, 0.6) is 5.75 Å². The molecule has 0 aliphatic carbocycles. The van der Waals surface area contributed by atoms with Gasteiger partial charge in [-0.15, -0.1) is 0 Å². The van der Waals surface area contributed by atoms with Gasteiger partial charge < -0.3 is 10.4 Å². The normalized spacial score (nSPS) is 10.2. The predicted octanol–water partition coefficient (Wildman–Crippen LogP) is 1.87. The molecule has 0 radical (unpaired) electrons. The van der Waals surface area contributed by atoms with Crippen molar-refractivity contribution in [2.75, 3.05) is 13.6 Å². The van der Waals surface area contributed by atoms with Gasteiger partial charge in [-0.25, -0.2) is 0 Å². The lowest BCUT2D eigenvalue weighted by atomic mass is 10.0. The number of phenols is 1. The highest BCUT2D eigenvalue weighted by Crippen LogP contribution is 2.27. The first-order valence-corrected chi connectivity index (χ1v) is 5.03. The molecule has 0 unspecified atom stereocenters. The Morgan fingerprint density at radius 3 is 2.79 bits per heavy atom. The number of halogens is 1. The fourth-order valence-corrected chi connectivity index (χ4v) is 1.60. The van der Waals surface area contributed by atoms with E-state index in [1.165, 1.54) is 6.07 Å². The van der Waals surface area contributed by atoms with E-state index in [0.29, 0.717) is 5.56 Å². The van der Waals surface area contributed by atoms with Crippen molar-refractivity contribution >= 4 is 21.7 Å². The SMILES string of the molecule is CNCC(=O)c1c(O)ccc(Br)c1C. The zero-order chi connectivity index (χ0) is 10.7. The highest BCUT2D eigenvalue weighted by atomic mass is 79.9. The van der Waals surface area contributed by atoms with Crippen LogP contribution in [0.4, 0.5) is 0 Å². The number of carbonyl (C=O) groups excluding carboxylic acids is 1. The highest BCUT2D eigenvalue weighted by molar-refractivity contribution is 9.10. The minimum atomic E-state index is -0.108. The Bertz CT molecular complexity index is 363. The van der Waals surface area contributed by atoms with Crippen molar-refractivity contribution in [2.45, 2.75) is 6.92 Å². The molecule has 0 aromatic heterocycles. The van der Waals surface area contributed by atoms with Gasteiger partial charge in [0, 0.05) is 4.47 Å². The molecule has 4 heteroatoms. The minimum absolute atomic E-state index is 0.0333. The van der Waals surface area contributed by atoms with Crippen molar-refractivity contribution in [1.82, 2.24) is 5.32 Å². The third-order valence-corrected chi connectivity index (χ3v) is 2.85. The lowest BCUT2D eigenvalue weighted by Crippen LogP contribution is -2.19. The number of hydrogen-bond donors (Lipinski definition) is 2. The first-order chi connectivity index (χ1) is 6.57. The van der Waals surface area contributed by atoms with Gasteiger partial charge in [0.25, 0.3) is 0 Å². The molecule has 1 rings (SSSR count). The molecular formula is C10H12BrNO2. The zero-order valence-corrected chi connectivity index (χ0v) is 9.68. The Hall–Kier alpha value is -0.870. The first-order valence-electron chi connectivity index (χ1n) is 4.23. The molecule has 0 spiro atoms. The van der Waals surface area contributed by atoms with Gasteiger partial charge in [-0.2, -0.15) is 0 Å². The van der Waals surface area contributed by atoms with Crippen molar-refractivity contribution in [2.24, 2.45) is 0 Å². The van der Waals surface area contributed by atoms with E-state index in [1.807, 2.05) is 0 Å². The van der Waals surface area contributed by atoms with Crippen LogP contribution in [0.25, 0.3) is 0 Å². The maximum atomic E-state index is 11.6. The molecule has 0 saturated carbocycles. The van der Waals surface area contributed by atoms with Crippen LogP contribution in [0.15, 0.2) is 16.6 Å². The molecule has 0 amide bonds. The summed E-state index contributed by atoms with van der Waals surface area (Å²) in [7, 11) is 1.70. The van der Waals surface area contributed by atoms with Crippen LogP contribution in [0.2, 0.25) is 0 Å². The second-order valence-electron chi connectivity index (χ2n) is 3.02. The maximum absolute atomic E-state index is 11.6. The third kappa shape index (κ3) is 2.13. The summed E-state index contributed by atoms with van der Waals surface area (Å²) in [5.74, 6) is -0.0743. The Labute approximate surface area is 91.3 Å². The number of nitrogens with one attached hydrogen (secondary N) is 1. The van der Waals surface area contributed by atoms with Gasteiger partial charge in [0.15, 0.2) is 5.78 Å². The molecule has 0 bridgehead atoms. The monoisotopic (exact) mass is 257 g/mol. The molecule has 14 heavy (non-hydrogen) atoms. The first kappa shape index (κ1) is 11.2. The molecule has 0 fully saturated rings. The molecule has 3 nitrogen and oxygen atoms in total. The van der Waals surface area contributed by atoms with Crippen LogP contribution >= 0.6 is 15.9 Å². The summed E-state index contributed by atoms with van der Waals surface area (Å²) in [5, 5.41) is 12.3. The minimum Gasteiger partial charge on any atom is -0.507 e. The topological polar surface area (TPSA) is 49.3 Å². The second-order valence-corrected chi connectivity index (χ2v) is 3.87. The van der Waals surface area contributed by atoms with E-state index in [1.54, 1.807) is 20.0 Å². The fourth-order valence-electron chi connectivity index (χ4n) is 1.27. The van der Waals surface area contributed by atoms with Gasteiger partial charge in [0.1, 0.15) is 5.75 Å². The number of likely N-dealkylation sites (N-methyl/N-ethyl adjacent to an activating group) is 1. The van der Waals surface area contributed by atoms with Gasteiger partial charge in [0.2, 0.25) is 0 Å². The highest BCUT2D eigenvalue weighted by Gasteiger charge is 2.14. The summed E-state index contributed by atoms with van der Waals surface area (Å²) in [5.41, 5.74) is 1.15. The van der Waals surface area contributed by atoms with E-state index in [4.69, 9.17) is 0 Å². The molecule has 2 N–H and O–H groups in total. The molecule has 0 atom stereocenters. The molecule has 0 aliphatic rings. The fraction of sp³-hybridized carbons (Fsp3) is 0.300. The molecular weight excluding hydrogens is 246 g/mol. The summed E-state index contributed by atoms with van der Waals surface area (Å²) >= 11 is 3.32. The van der Waals surface area contributed by atoms with Crippen molar-refractivity contribution in [3.05, 3.63) is 27.7 Å². The second kappa shape index (κ2) is 4.57. The summed E-state index contributed by atoms with van der Waals surface area (Å²) < 4.78 is 0.828. The number of Topliss-reactive ketones (excluding diaryl/α,β-unsaturated/α-hetero) is 1. The van der Waals surface area contributed by atoms with Gasteiger partial charge in [0.05, 0.1) is 12.1 Å². The lowest BCUT2D eigenvalue weighted by molar-refractivity contribution is 0.0990. The van der Waals surface area contributed by atoms with Gasteiger partial charge in [-0.1, -0.05) is 15.9 Å². The van der Waals surface area contributed by atoms with Crippen LogP contribution in [-0.4, -0.2) is 24.5 Å². The van der Waals surface area contributed by atoms with Crippen molar-refractivity contribution in [3.8, 4) is 5.75 Å². The summed E-state index contributed by atoms with van der Waals surface area (Å²) in [6, 6.07) is 3.24. The van der Waals surface area contributed by atoms with Crippen LogP contribution < -0.4 is 5.32 Å². The van der Waals surface area contributed by atoms with E-state index in [0.717, 1.165) is 10.0 Å². The van der Waals surface area contributed by atoms with Gasteiger partial charge >= 0.3 is 0 Å². The summed E-state index contributed by atoms with van der Waals surface area (Å²) in [6.45, 7) is 2.03. The molecule has 0 aliphatic heterocycles. The molecule has 1 aromatic carbocycles. The van der Waals surface area contributed by atoms with Crippen molar-refractivity contribution in [1.29, 1.82) is 0 Å². The molecule has 1 aromatic rings. The average molecular weight is 258 g/mol. The van der Waals surface area contributed by atoms with Crippen LogP contribution in [0.3, 0.4) is 0 Å². The number of phenolic OH excluding ortho intramolecular Hbond substituents is 1. The van der Waals surface area contributed by atoms with E-state index < -0.39 is 0 Å². The number of benzene rings is 1. The zero-order valence-electron chi connectivity index (χ0n) is 8.10. The van der Waals surface area contributed by atoms with E-state index in [2.05, 4.69) is 21.2 Å². The summed E-state index contributed by atoms with van der Waals surface area (Å²) in [4.78, 5) is 11.6. The number of carbonyl (C=O) groups is 1. The maximum Gasteiger partial charge on any atom is 0.180 e. The molecule has 0 heterocycles. The molecule has 76 valence electrons. The Balaban J connectivity index is 3.18. The number of ketones is 1. The largest absolute Gasteiger partial charge is 0.507 e. The third-order valence-electron chi connectivity index (χ3n) is 1.99. The lowest BCUT2D eigenvalue weighted by Gasteiger charge is -2.08. The number of hydrogen-bond acceptors (Lipinski definition) is 3. The molecule has 0 saturated heterocycles. The predicted molar refractivity (Wildman–Crippen MR) is 58.8 cm³/mol. The Kier molecular flexibility index (Phi) is 3.66. The van der Waals surface area contributed by atoms with Gasteiger partial charge in [-0.3, -0.25) is 4.79 Å². The quantitative estimate of drug-likeness (QED) is 0.813. The Morgan fingerprint density at radius 1 is 1.57 bits per heavy atom. The van der Waals surface area contributed by atoms with E-state index >= 15 is 0 Å². The number of rotatable bonds is 3. The van der Waals surface area contributed by atoms with Crippen molar-refractivity contribution < 1.29 is 9.90 Å². The smallest absolute Gasteiger partial charge is 0.180 e. The van der Waals surface area contributed by atoms with E-state index in [-0.39, 0.29) is 18.1 Å². The van der Waals surface area contributed by atoms with E-state index in [9.17, 15) is 9.90 Å². The van der Waals surface area contributed by atoms with Crippen LogP contribution in [0, 0.1) is 6.92 Å². The van der Waals surface area contributed by atoms with Crippen molar-refractivity contribution in [3.63, 3.8) is 0 Å². The Morgan fingerprint density at radius 2 is 2.21 bits per heavy atom. The standard InChI is InChI=1S/C10H12BrNO2/c1-6-7(11)3-4-8(13)10(6)9(14)5-12-2/h3-4,12-13H,5H2,1-2H3. The number of aromatic hydroxyl groups is 1. The van der Waals surface area contributed by atoms with Crippen LogP contribution in [0.1, 0.15) is 15.9 Å². The summed E-state index contributed by atoms with van der Waals surface area (Å²) in [6.07, 6.45) is 0. The van der Waals surface area contributed by atoms with Gasteiger partial charge in [-0.05, 0) is 31.7 Å². The van der Waals surface area contributed by atoms with Crippen LogP contribution in [-0.2, 0) is 0 Å². The average Bonchev–Trinajstić information content (AvgIpc) is 2.13.